The second-order valence-corrected chi connectivity index (χ2v) is 21.6. The molecule has 0 fully saturated rings. The molecule has 0 radical (unpaired) electrons. The van der Waals surface area contributed by atoms with E-state index >= 15 is 0 Å². The van der Waals surface area contributed by atoms with Gasteiger partial charge in [-0.2, -0.15) is 0 Å². The summed E-state index contributed by atoms with van der Waals surface area (Å²) in [5.41, 5.74) is 0. The quantitative estimate of drug-likeness (QED) is 0.0261. The van der Waals surface area contributed by atoms with E-state index in [2.05, 4.69) is 118 Å². The Kier molecular flexibility index (Phi) is 61.8. The first-order valence-corrected chi connectivity index (χ1v) is 32.7. The molecule has 0 aliphatic rings. The number of unbranched alkanes of at least 4 members (excludes halogenated alkanes) is 32. The van der Waals surface area contributed by atoms with Crippen LogP contribution in [0.15, 0.2) is 97.2 Å². The van der Waals surface area contributed by atoms with Gasteiger partial charge in [-0.25, -0.2) is 0 Å². The number of allylic oxidation sites excluding steroid dienone is 16. The van der Waals surface area contributed by atoms with Gasteiger partial charge in [0.05, 0.1) is 0 Å². The summed E-state index contributed by atoms with van der Waals surface area (Å²) in [4.78, 5) is 38.3. The molecule has 0 saturated heterocycles. The lowest BCUT2D eigenvalue weighted by atomic mass is 10.0. The molecular weight excluding hydrogens is 949 g/mol. The zero-order chi connectivity index (χ0) is 55.7. The van der Waals surface area contributed by atoms with E-state index in [4.69, 9.17) is 14.2 Å². The maximum absolute atomic E-state index is 12.9. The molecular formula is C71H122O6. The topological polar surface area (TPSA) is 78.9 Å². The summed E-state index contributed by atoms with van der Waals surface area (Å²) in [6.45, 7) is 6.41. The Bertz CT molecular complexity index is 1510. The molecule has 6 heteroatoms. The van der Waals surface area contributed by atoms with E-state index in [1.54, 1.807) is 0 Å². The third-order valence-electron chi connectivity index (χ3n) is 14.1. The van der Waals surface area contributed by atoms with Gasteiger partial charge in [0.2, 0.25) is 0 Å². The van der Waals surface area contributed by atoms with Gasteiger partial charge in [0.1, 0.15) is 13.2 Å². The molecule has 0 aromatic rings. The third-order valence-corrected chi connectivity index (χ3v) is 14.1. The maximum Gasteiger partial charge on any atom is 0.306 e. The van der Waals surface area contributed by atoms with Crippen molar-refractivity contribution in [3.05, 3.63) is 97.2 Å². The number of carbonyl (C=O) groups excluding carboxylic acids is 3. The van der Waals surface area contributed by atoms with Crippen molar-refractivity contribution in [2.45, 2.75) is 322 Å². The van der Waals surface area contributed by atoms with E-state index in [-0.39, 0.29) is 31.1 Å². The molecule has 0 N–H and O–H groups in total. The standard InChI is InChI=1S/C71H122O6/c1-4-7-10-13-16-19-22-25-28-30-31-32-33-34-35-36-37-38-39-41-43-46-49-52-55-58-61-64-70(73)76-67-68(66-75-69(72)63-60-57-54-51-48-45-42-27-24-21-18-15-12-9-6-3)77-71(74)65-62-59-56-53-50-47-44-40-29-26-23-20-17-14-11-8-5-2/h7,9-10,12,16,18-19,21,25,27-28,31-32,42,48,51,68H,4-6,8,11,13-15,17,20,22-24,26,29-30,33-41,43-47,49-50,52-67H2,1-3H3/b10-7-,12-9-,19-16-,21-18-,28-25-,32-31-,42-27-,51-48-. The molecule has 6 nitrogen and oxygen atoms in total. The highest BCUT2D eigenvalue weighted by Gasteiger charge is 2.19. The van der Waals surface area contributed by atoms with Crippen LogP contribution in [0.25, 0.3) is 0 Å². The number of ether oxygens (including phenoxy) is 3. The smallest absolute Gasteiger partial charge is 0.306 e. The molecule has 1 unspecified atom stereocenters. The van der Waals surface area contributed by atoms with E-state index < -0.39 is 6.10 Å². The number of hydrogen-bond acceptors (Lipinski definition) is 6. The molecule has 0 saturated carbocycles. The Morgan fingerprint density at radius 1 is 0.273 bits per heavy atom. The molecule has 0 aromatic carbocycles. The van der Waals surface area contributed by atoms with E-state index in [1.165, 1.54) is 167 Å². The normalized spacial score (nSPS) is 12.7. The summed E-state index contributed by atoms with van der Waals surface area (Å²) in [5.74, 6) is -0.917. The molecule has 0 aromatic heterocycles. The fourth-order valence-electron chi connectivity index (χ4n) is 9.25. The molecule has 0 bridgehead atoms. The highest BCUT2D eigenvalue weighted by molar-refractivity contribution is 5.71. The minimum absolute atomic E-state index is 0.0879. The van der Waals surface area contributed by atoms with Crippen molar-refractivity contribution in [2.24, 2.45) is 0 Å². The number of rotatable bonds is 59. The van der Waals surface area contributed by atoms with Crippen LogP contribution in [0.4, 0.5) is 0 Å². The first kappa shape index (κ1) is 73.3. The highest BCUT2D eigenvalue weighted by Crippen LogP contribution is 2.17. The third kappa shape index (κ3) is 63.0. The zero-order valence-corrected chi connectivity index (χ0v) is 50.7. The van der Waals surface area contributed by atoms with Crippen LogP contribution in [-0.2, 0) is 28.6 Å². The van der Waals surface area contributed by atoms with Crippen LogP contribution >= 0.6 is 0 Å². The SMILES string of the molecule is CC/C=C\C/C=C\C/C=C\C/C=C\CCCCCCCCCCCCCCCCC(=O)OCC(COC(=O)CCCC/C=C\C/C=C\C/C=C\C/C=C\CC)OC(=O)CCCCCCCCCCCCCCCCCCC. The lowest BCUT2D eigenvalue weighted by Gasteiger charge is -2.18. The molecule has 0 heterocycles. The molecule has 77 heavy (non-hydrogen) atoms. The first-order valence-electron chi connectivity index (χ1n) is 32.7. The van der Waals surface area contributed by atoms with E-state index in [0.717, 1.165) is 109 Å². The number of hydrogen-bond donors (Lipinski definition) is 0. The fourth-order valence-corrected chi connectivity index (χ4v) is 9.25. The Balaban J connectivity index is 4.31. The number of carbonyl (C=O) groups is 3. The average Bonchev–Trinajstić information content (AvgIpc) is 3.43. The second-order valence-electron chi connectivity index (χ2n) is 21.6. The summed E-state index contributed by atoms with van der Waals surface area (Å²) in [6.07, 6.45) is 87.1. The zero-order valence-electron chi connectivity index (χ0n) is 50.7. The van der Waals surface area contributed by atoms with Gasteiger partial charge in [-0.05, 0) is 96.3 Å². The summed E-state index contributed by atoms with van der Waals surface area (Å²) in [7, 11) is 0. The minimum Gasteiger partial charge on any atom is -0.462 e. The fraction of sp³-hybridized carbons (Fsp3) is 0.732. The van der Waals surface area contributed by atoms with Crippen LogP contribution in [0, 0.1) is 0 Å². The summed E-state index contributed by atoms with van der Waals surface area (Å²) >= 11 is 0. The maximum atomic E-state index is 12.9. The molecule has 0 aliphatic heterocycles. The van der Waals surface area contributed by atoms with Gasteiger partial charge in [0.25, 0.3) is 0 Å². The molecule has 0 rings (SSSR count). The van der Waals surface area contributed by atoms with E-state index in [9.17, 15) is 14.4 Å². The average molecular weight is 1070 g/mol. The molecule has 0 spiro atoms. The van der Waals surface area contributed by atoms with Crippen LogP contribution in [0.2, 0.25) is 0 Å². The van der Waals surface area contributed by atoms with Gasteiger partial charge in [-0.1, -0.05) is 298 Å². The predicted octanol–water partition coefficient (Wildman–Crippen LogP) is 22.4. The Labute approximate surface area is 477 Å². The molecule has 1 atom stereocenters. The summed E-state index contributed by atoms with van der Waals surface area (Å²) in [6, 6.07) is 0. The highest BCUT2D eigenvalue weighted by atomic mass is 16.6. The van der Waals surface area contributed by atoms with Gasteiger partial charge in [0.15, 0.2) is 6.10 Å². The van der Waals surface area contributed by atoms with Crippen LogP contribution in [-0.4, -0.2) is 37.2 Å². The summed E-state index contributed by atoms with van der Waals surface area (Å²) < 4.78 is 16.9. The minimum atomic E-state index is -0.794. The van der Waals surface area contributed by atoms with Gasteiger partial charge >= 0.3 is 17.9 Å². The van der Waals surface area contributed by atoms with Crippen LogP contribution < -0.4 is 0 Å². The Morgan fingerprint density at radius 2 is 0.506 bits per heavy atom. The summed E-state index contributed by atoms with van der Waals surface area (Å²) in [5, 5.41) is 0. The van der Waals surface area contributed by atoms with Gasteiger partial charge in [-0.3, -0.25) is 14.4 Å². The lowest BCUT2D eigenvalue weighted by molar-refractivity contribution is -0.167. The van der Waals surface area contributed by atoms with Crippen molar-refractivity contribution in [3.63, 3.8) is 0 Å². The van der Waals surface area contributed by atoms with Crippen molar-refractivity contribution >= 4 is 17.9 Å². The van der Waals surface area contributed by atoms with Gasteiger partial charge in [-0.15, -0.1) is 0 Å². The second kappa shape index (κ2) is 64.9. The van der Waals surface area contributed by atoms with Crippen molar-refractivity contribution in [2.75, 3.05) is 13.2 Å². The van der Waals surface area contributed by atoms with E-state index in [0.29, 0.717) is 19.3 Å². The van der Waals surface area contributed by atoms with Crippen molar-refractivity contribution in [3.8, 4) is 0 Å². The largest absolute Gasteiger partial charge is 0.462 e. The lowest BCUT2D eigenvalue weighted by Crippen LogP contribution is -2.30. The van der Waals surface area contributed by atoms with E-state index in [1.807, 2.05) is 0 Å². The van der Waals surface area contributed by atoms with Crippen molar-refractivity contribution in [1.29, 1.82) is 0 Å². The van der Waals surface area contributed by atoms with Crippen LogP contribution in [0.3, 0.4) is 0 Å². The van der Waals surface area contributed by atoms with Crippen LogP contribution in [0.5, 0.6) is 0 Å². The number of esters is 3. The Hall–Kier alpha value is -3.67. The van der Waals surface area contributed by atoms with Gasteiger partial charge < -0.3 is 14.2 Å². The van der Waals surface area contributed by atoms with Crippen LogP contribution in [0.1, 0.15) is 316 Å². The van der Waals surface area contributed by atoms with Crippen molar-refractivity contribution in [1.82, 2.24) is 0 Å². The van der Waals surface area contributed by atoms with Crippen molar-refractivity contribution < 1.29 is 28.6 Å². The monoisotopic (exact) mass is 1070 g/mol. The molecule has 0 amide bonds. The van der Waals surface area contributed by atoms with Gasteiger partial charge in [0, 0.05) is 19.3 Å². The predicted molar refractivity (Wildman–Crippen MR) is 334 cm³/mol. The molecule has 0 aliphatic carbocycles. The first-order chi connectivity index (χ1) is 38.0. The molecule has 442 valence electrons. The Morgan fingerprint density at radius 3 is 0.818 bits per heavy atom.